The summed E-state index contributed by atoms with van der Waals surface area (Å²) in [5.41, 5.74) is 4.01. The Labute approximate surface area is 97.8 Å². The highest BCUT2D eigenvalue weighted by Gasteiger charge is 1.98. The maximum absolute atomic E-state index is 8.75. The summed E-state index contributed by atoms with van der Waals surface area (Å²) in [6.45, 7) is 2.21. The molecule has 2 aromatic rings. The van der Waals surface area contributed by atoms with Crippen LogP contribution in [0.3, 0.4) is 0 Å². The predicted molar refractivity (Wildman–Crippen MR) is 62.0 cm³/mol. The summed E-state index contributed by atoms with van der Waals surface area (Å²) in [5.74, 6) is 0. The number of nitrogens with one attached hydrogen (secondary N) is 1. The summed E-state index contributed by atoms with van der Waals surface area (Å²) >= 11 is 1.60. The van der Waals surface area contributed by atoms with E-state index in [0.717, 1.165) is 24.3 Å². The van der Waals surface area contributed by atoms with Crippen LogP contribution in [0.25, 0.3) is 0 Å². The standard InChI is InChI=1S/C10H14N4OS/c15-2-1-14-6-9(4-13-14)3-11-5-10-7-16-8-12-10/h4,6-8,11,15H,1-3,5H2. The average Bonchev–Trinajstić information content (AvgIpc) is 2.90. The molecule has 2 heterocycles. The molecule has 5 nitrogen and oxygen atoms in total. The molecule has 0 saturated heterocycles. The van der Waals surface area contributed by atoms with Gasteiger partial charge in [0.2, 0.25) is 0 Å². The van der Waals surface area contributed by atoms with Gasteiger partial charge >= 0.3 is 0 Å². The molecule has 0 aromatic carbocycles. The van der Waals surface area contributed by atoms with Crippen molar-refractivity contribution in [3.63, 3.8) is 0 Å². The average molecular weight is 238 g/mol. The van der Waals surface area contributed by atoms with Crippen LogP contribution in [0.4, 0.5) is 0 Å². The van der Waals surface area contributed by atoms with Crippen molar-refractivity contribution >= 4 is 11.3 Å². The van der Waals surface area contributed by atoms with E-state index >= 15 is 0 Å². The molecule has 0 unspecified atom stereocenters. The number of nitrogens with zero attached hydrogens (tertiary/aromatic N) is 3. The van der Waals surface area contributed by atoms with Crippen molar-refractivity contribution in [3.8, 4) is 0 Å². The second-order valence-electron chi connectivity index (χ2n) is 3.42. The summed E-state index contributed by atoms with van der Waals surface area (Å²) in [7, 11) is 0. The monoisotopic (exact) mass is 238 g/mol. The Morgan fingerprint density at radius 2 is 2.38 bits per heavy atom. The lowest BCUT2D eigenvalue weighted by atomic mass is 10.3. The first-order valence-corrected chi connectivity index (χ1v) is 6.03. The highest BCUT2D eigenvalue weighted by Crippen LogP contribution is 2.01. The number of aliphatic hydroxyl groups excluding tert-OH is 1. The van der Waals surface area contributed by atoms with E-state index in [4.69, 9.17) is 5.11 Å². The fourth-order valence-corrected chi connectivity index (χ4v) is 1.94. The largest absolute Gasteiger partial charge is 0.394 e. The molecule has 0 aliphatic rings. The molecule has 2 N–H and O–H groups in total. The minimum absolute atomic E-state index is 0.118. The number of hydrogen-bond donors (Lipinski definition) is 2. The Morgan fingerprint density at radius 3 is 3.12 bits per heavy atom. The maximum Gasteiger partial charge on any atom is 0.0795 e. The highest BCUT2D eigenvalue weighted by molar-refractivity contribution is 7.07. The minimum atomic E-state index is 0.118. The van der Waals surface area contributed by atoms with Gasteiger partial charge in [-0.3, -0.25) is 4.68 Å². The fraction of sp³-hybridized carbons (Fsp3) is 0.400. The van der Waals surface area contributed by atoms with Crippen molar-refractivity contribution < 1.29 is 5.11 Å². The van der Waals surface area contributed by atoms with Crippen LogP contribution in [-0.2, 0) is 19.6 Å². The Balaban J connectivity index is 1.76. The van der Waals surface area contributed by atoms with E-state index in [1.807, 2.05) is 23.3 Å². The first-order valence-electron chi connectivity index (χ1n) is 5.08. The van der Waals surface area contributed by atoms with Crippen LogP contribution in [0.5, 0.6) is 0 Å². The van der Waals surface area contributed by atoms with Gasteiger partial charge in [0.1, 0.15) is 0 Å². The summed E-state index contributed by atoms with van der Waals surface area (Å²) in [6, 6.07) is 0. The molecule has 0 amide bonds. The summed E-state index contributed by atoms with van der Waals surface area (Å²) < 4.78 is 1.74. The summed E-state index contributed by atoms with van der Waals surface area (Å²) in [4.78, 5) is 4.18. The molecule has 0 fully saturated rings. The van der Waals surface area contributed by atoms with Crippen LogP contribution < -0.4 is 5.32 Å². The normalized spacial score (nSPS) is 10.8. The van der Waals surface area contributed by atoms with E-state index < -0.39 is 0 Å². The molecule has 0 spiro atoms. The molecule has 86 valence electrons. The third-order valence-corrected chi connectivity index (χ3v) is 2.77. The van der Waals surface area contributed by atoms with Crippen molar-refractivity contribution in [2.45, 2.75) is 19.6 Å². The van der Waals surface area contributed by atoms with Crippen molar-refractivity contribution in [2.75, 3.05) is 6.61 Å². The van der Waals surface area contributed by atoms with E-state index in [1.165, 1.54) is 0 Å². The Hall–Kier alpha value is -1.24. The van der Waals surface area contributed by atoms with E-state index in [2.05, 4.69) is 15.4 Å². The number of hydrogen-bond acceptors (Lipinski definition) is 5. The molecule has 6 heteroatoms. The number of rotatable bonds is 6. The van der Waals surface area contributed by atoms with Crippen LogP contribution in [0, 0.1) is 0 Å². The third kappa shape index (κ3) is 3.13. The molecule has 16 heavy (non-hydrogen) atoms. The molecule has 0 aliphatic carbocycles. The molecule has 0 saturated carbocycles. The lowest BCUT2D eigenvalue weighted by Crippen LogP contribution is -2.12. The van der Waals surface area contributed by atoms with Crippen LogP contribution in [0.2, 0.25) is 0 Å². The SMILES string of the molecule is OCCn1cc(CNCc2cscn2)cn1. The van der Waals surface area contributed by atoms with Gasteiger partial charge in [-0.05, 0) is 0 Å². The quantitative estimate of drug-likeness (QED) is 0.774. The van der Waals surface area contributed by atoms with Crippen molar-refractivity contribution in [1.82, 2.24) is 20.1 Å². The predicted octanol–water partition coefficient (Wildman–Crippen LogP) is 0.622. The molecule has 0 aliphatic heterocycles. The van der Waals surface area contributed by atoms with Crippen molar-refractivity contribution in [2.24, 2.45) is 0 Å². The smallest absolute Gasteiger partial charge is 0.0795 e. The van der Waals surface area contributed by atoms with E-state index in [-0.39, 0.29) is 6.61 Å². The second-order valence-corrected chi connectivity index (χ2v) is 4.14. The maximum atomic E-state index is 8.75. The zero-order chi connectivity index (χ0) is 11.2. The van der Waals surface area contributed by atoms with Gasteiger partial charge in [-0.1, -0.05) is 0 Å². The number of aromatic nitrogens is 3. The summed E-state index contributed by atoms with van der Waals surface area (Å²) in [5, 5.41) is 18.2. The molecule has 0 radical (unpaired) electrons. The van der Waals surface area contributed by atoms with E-state index in [1.54, 1.807) is 16.0 Å². The Bertz CT molecular complexity index is 412. The number of thiazole rings is 1. The van der Waals surface area contributed by atoms with Gasteiger partial charge in [0.05, 0.1) is 30.6 Å². The second kappa shape index (κ2) is 5.74. The fourth-order valence-electron chi connectivity index (χ4n) is 1.38. The third-order valence-electron chi connectivity index (χ3n) is 2.13. The van der Waals surface area contributed by atoms with Gasteiger partial charge < -0.3 is 10.4 Å². The number of aliphatic hydroxyl groups is 1. The topological polar surface area (TPSA) is 63.0 Å². The Kier molecular flexibility index (Phi) is 4.03. The van der Waals surface area contributed by atoms with Gasteiger partial charge in [0.15, 0.2) is 0 Å². The van der Waals surface area contributed by atoms with Crippen LogP contribution in [0.1, 0.15) is 11.3 Å². The first-order chi connectivity index (χ1) is 7.88. The van der Waals surface area contributed by atoms with Crippen LogP contribution >= 0.6 is 11.3 Å². The molecular formula is C10H14N4OS. The van der Waals surface area contributed by atoms with Gasteiger partial charge in [0, 0.05) is 30.2 Å². The van der Waals surface area contributed by atoms with Crippen molar-refractivity contribution in [3.05, 3.63) is 34.5 Å². The minimum Gasteiger partial charge on any atom is -0.394 e. The van der Waals surface area contributed by atoms with Gasteiger partial charge in [-0.2, -0.15) is 5.10 Å². The molecule has 0 atom stereocenters. The summed E-state index contributed by atoms with van der Waals surface area (Å²) in [6.07, 6.45) is 3.74. The molecular weight excluding hydrogens is 224 g/mol. The van der Waals surface area contributed by atoms with Crippen LogP contribution in [-0.4, -0.2) is 26.5 Å². The van der Waals surface area contributed by atoms with Crippen LogP contribution in [0.15, 0.2) is 23.3 Å². The lowest BCUT2D eigenvalue weighted by Gasteiger charge is -1.99. The first kappa shape index (κ1) is 11.3. The molecule has 2 aromatic heterocycles. The van der Waals surface area contributed by atoms with Gasteiger partial charge in [-0.25, -0.2) is 4.98 Å². The molecule has 2 rings (SSSR count). The van der Waals surface area contributed by atoms with Gasteiger partial charge in [-0.15, -0.1) is 11.3 Å². The zero-order valence-electron chi connectivity index (χ0n) is 8.83. The van der Waals surface area contributed by atoms with E-state index in [9.17, 15) is 0 Å². The van der Waals surface area contributed by atoms with Gasteiger partial charge in [0.25, 0.3) is 0 Å². The zero-order valence-corrected chi connectivity index (χ0v) is 9.65. The lowest BCUT2D eigenvalue weighted by molar-refractivity contribution is 0.269. The van der Waals surface area contributed by atoms with Crippen molar-refractivity contribution in [1.29, 1.82) is 0 Å². The highest BCUT2D eigenvalue weighted by atomic mass is 32.1. The van der Waals surface area contributed by atoms with E-state index in [0.29, 0.717) is 6.54 Å². The Morgan fingerprint density at radius 1 is 1.44 bits per heavy atom. The molecule has 0 bridgehead atoms.